The number of likely N-dealkylation sites (tertiary alicyclic amines) is 1. The molecule has 0 radical (unpaired) electrons. The van der Waals surface area contributed by atoms with Gasteiger partial charge in [-0.15, -0.1) is 5.10 Å². The van der Waals surface area contributed by atoms with E-state index in [4.69, 9.17) is 9.15 Å². The second-order valence-corrected chi connectivity index (χ2v) is 8.46. The zero-order valence-electron chi connectivity index (χ0n) is 16.2. The quantitative estimate of drug-likeness (QED) is 0.872. The van der Waals surface area contributed by atoms with Gasteiger partial charge >= 0.3 is 6.01 Å². The van der Waals surface area contributed by atoms with Crippen molar-refractivity contribution in [1.82, 2.24) is 15.1 Å². The molecule has 1 N–H and O–H groups in total. The zero-order chi connectivity index (χ0) is 19.1. The zero-order valence-corrected chi connectivity index (χ0v) is 16.2. The third-order valence-electron chi connectivity index (χ3n) is 6.47. The van der Waals surface area contributed by atoms with Crippen molar-refractivity contribution in [1.29, 1.82) is 0 Å². The Balaban J connectivity index is 0.00000205. The number of carbonyl (C=O) groups excluding carboxylic acids is 1. The number of amides is 1. The highest BCUT2D eigenvalue weighted by atomic mass is 16.5. The fraction of sp³-hybridized carbons (Fsp3) is 0.571. The molecule has 7 nitrogen and oxygen atoms in total. The number of rotatable bonds is 4. The first-order valence-corrected chi connectivity index (χ1v) is 10.2. The number of nitrogens with zero attached hydrogens (tertiary/aromatic N) is 3. The van der Waals surface area contributed by atoms with E-state index < -0.39 is 0 Å². The number of fused-ring (bicyclic) bond motifs is 1. The van der Waals surface area contributed by atoms with Crippen LogP contribution in [0.3, 0.4) is 0 Å². The van der Waals surface area contributed by atoms with Gasteiger partial charge in [0.2, 0.25) is 11.8 Å². The van der Waals surface area contributed by atoms with E-state index in [1.54, 1.807) is 0 Å². The van der Waals surface area contributed by atoms with Gasteiger partial charge in [-0.2, -0.15) is 0 Å². The Labute approximate surface area is 165 Å². The molecule has 0 bridgehead atoms. The number of aromatic nitrogens is 2. The summed E-state index contributed by atoms with van der Waals surface area (Å²) in [6, 6.07) is 7.92. The lowest BCUT2D eigenvalue weighted by atomic mass is 9.93. The van der Waals surface area contributed by atoms with Crippen LogP contribution in [0.25, 0.3) is 0 Å². The summed E-state index contributed by atoms with van der Waals surface area (Å²) < 4.78 is 11.6. The summed E-state index contributed by atoms with van der Waals surface area (Å²) in [5, 5.41) is 11.4. The smallest absolute Gasteiger partial charge is 0.316 e. The summed E-state index contributed by atoms with van der Waals surface area (Å²) >= 11 is 0. The molecular formula is C21H28N4O3. The lowest BCUT2D eigenvalue weighted by Gasteiger charge is -2.33. The van der Waals surface area contributed by atoms with Crippen molar-refractivity contribution in [3.05, 3.63) is 35.7 Å². The maximum atomic E-state index is 12.7. The van der Waals surface area contributed by atoms with E-state index in [1.807, 2.05) is 30.0 Å². The van der Waals surface area contributed by atoms with Gasteiger partial charge in [0.15, 0.2) is 0 Å². The molecule has 7 heteroatoms. The summed E-state index contributed by atoms with van der Waals surface area (Å²) in [5.74, 6) is 1.60. The van der Waals surface area contributed by atoms with Gasteiger partial charge in [-0.05, 0) is 56.1 Å². The second-order valence-electron chi connectivity index (χ2n) is 8.46. The van der Waals surface area contributed by atoms with E-state index in [-0.39, 0.29) is 19.3 Å². The maximum Gasteiger partial charge on any atom is 0.316 e. The molecule has 1 aliphatic carbocycles. The molecule has 3 heterocycles. The van der Waals surface area contributed by atoms with Crippen LogP contribution < -0.4 is 10.1 Å². The van der Waals surface area contributed by atoms with Gasteiger partial charge in [0.25, 0.3) is 0 Å². The highest BCUT2D eigenvalue weighted by molar-refractivity contribution is 5.83. The molecule has 0 unspecified atom stereocenters. The average Bonchev–Trinajstić information content (AvgIpc) is 3.31. The first kappa shape index (κ1) is 17.5. The number of anilines is 1. The van der Waals surface area contributed by atoms with Crippen LogP contribution in [0.2, 0.25) is 0 Å². The summed E-state index contributed by atoms with van der Waals surface area (Å²) in [4.78, 5) is 14.7. The fourth-order valence-electron chi connectivity index (χ4n) is 4.34. The van der Waals surface area contributed by atoms with Crippen LogP contribution in [0.5, 0.6) is 5.75 Å². The van der Waals surface area contributed by atoms with Crippen LogP contribution in [-0.2, 0) is 11.2 Å². The van der Waals surface area contributed by atoms with E-state index in [0.717, 1.165) is 43.7 Å². The van der Waals surface area contributed by atoms with E-state index in [2.05, 4.69) is 21.6 Å². The Bertz CT molecular complexity index is 872. The van der Waals surface area contributed by atoms with E-state index in [0.29, 0.717) is 23.9 Å². The minimum Gasteiger partial charge on any atom is -0.492 e. The van der Waals surface area contributed by atoms with Crippen LogP contribution in [0, 0.1) is 5.41 Å². The minimum atomic E-state index is -0.384. The molecule has 5 rings (SSSR count). The molecule has 2 aromatic rings. The van der Waals surface area contributed by atoms with E-state index >= 15 is 0 Å². The number of carbonyl (C=O) groups is 1. The van der Waals surface area contributed by atoms with Crippen LogP contribution in [0.4, 0.5) is 6.01 Å². The van der Waals surface area contributed by atoms with Crippen molar-refractivity contribution < 1.29 is 15.4 Å². The standard InChI is InChI=1S/C21H26N4O3.H2/c1-14(19(26)25-10-8-21(6-7-21)9-11-25)22-20-24-23-18(28-20)16-12-15-4-2-3-5-17(15)27-13-16;/h2-5,14,16H,6-13H2,1H3,(H,22,24);1H/t14-,16+;/m1./s1. The third kappa shape index (κ3) is 3.34. The van der Waals surface area contributed by atoms with Crippen LogP contribution in [0.15, 0.2) is 28.7 Å². The van der Waals surface area contributed by atoms with Crippen molar-refractivity contribution in [2.75, 3.05) is 25.0 Å². The normalized spacial score (nSPS) is 23.6. The van der Waals surface area contributed by atoms with E-state index in [9.17, 15) is 4.79 Å². The summed E-state index contributed by atoms with van der Waals surface area (Å²) in [6.07, 6.45) is 5.76. The Morgan fingerprint density at radius 3 is 2.82 bits per heavy atom. The number of para-hydroxylation sites is 1. The monoisotopic (exact) mass is 384 g/mol. The van der Waals surface area contributed by atoms with Crippen molar-refractivity contribution in [3.63, 3.8) is 0 Å². The number of piperidine rings is 1. The minimum absolute atomic E-state index is 0. The summed E-state index contributed by atoms with van der Waals surface area (Å²) in [7, 11) is 0. The summed E-state index contributed by atoms with van der Waals surface area (Å²) in [6.45, 7) is 4.09. The topological polar surface area (TPSA) is 80.5 Å². The van der Waals surface area contributed by atoms with Gasteiger partial charge in [0.05, 0.1) is 5.92 Å². The molecule has 3 aliphatic rings. The number of hydrogen-bond donors (Lipinski definition) is 1. The largest absolute Gasteiger partial charge is 0.492 e. The van der Waals surface area contributed by atoms with Gasteiger partial charge in [-0.1, -0.05) is 23.3 Å². The molecule has 2 fully saturated rings. The first-order valence-electron chi connectivity index (χ1n) is 10.2. The van der Waals surface area contributed by atoms with Crippen molar-refractivity contribution >= 4 is 11.9 Å². The Hall–Kier alpha value is -2.57. The van der Waals surface area contributed by atoms with Gasteiger partial charge in [0, 0.05) is 14.5 Å². The van der Waals surface area contributed by atoms with Crippen molar-refractivity contribution in [3.8, 4) is 5.75 Å². The molecule has 1 aromatic carbocycles. The van der Waals surface area contributed by atoms with Crippen LogP contribution in [-0.4, -0.2) is 46.7 Å². The van der Waals surface area contributed by atoms with Crippen LogP contribution in [0.1, 0.15) is 51.4 Å². The van der Waals surface area contributed by atoms with Gasteiger partial charge < -0.3 is 19.4 Å². The molecule has 1 aromatic heterocycles. The fourth-order valence-corrected chi connectivity index (χ4v) is 4.34. The number of nitrogens with one attached hydrogen (secondary N) is 1. The molecule has 1 saturated heterocycles. The summed E-state index contributed by atoms with van der Waals surface area (Å²) in [5.41, 5.74) is 1.71. The SMILES string of the molecule is C[C@@H](Nc1nnc([C@@H]2COc3ccccc3C2)o1)C(=O)N1CCC2(CC1)CC2.[HH]. The molecule has 1 amide bonds. The molecule has 150 valence electrons. The van der Waals surface area contributed by atoms with E-state index in [1.165, 1.54) is 12.8 Å². The molecule has 2 aliphatic heterocycles. The van der Waals surface area contributed by atoms with Gasteiger partial charge in [-0.3, -0.25) is 4.79 Å². The highest BCUT2D eigenvalue weighted by Crippen LogP contribution is 2.53. The lowest BCUT2D eigenvalue weighted by Crippen LogP contribution is -2.45. The van der Waals surface area contributed by atoms with Crippen molar-refractivity contribution in [2.24, 2.45) is 5.41 Å². The average molecular weight is 384 g/mol. The number of benzene rings is 1. The molecule has 1 saturated carbocycles. The highest BCUT2D eigenvalue weighted by Gasteiger charge is 2.45. The molecule has 28 heavy (non-hydrogen) atoms. The predicted octanol–water partition coefficient (Wildman–Crippen LogP) is 3.24. The molecule has 2 atom stereocenters. The number of ether oxygens (including phenoxy) is 1. The Morgan fingerprint density at radius 2 is 2.04 bits per heavy atom. The Kier molecular flexibility index (Phi) is 4.25. The predicted molar refractivity (Wildman–Crippen MR) is 105 cm³/mol. The maximum absolute atomic E-state index is 12.7. The van der Waals surface area contributed by atoms with Gasteiger partial charge in [0.1, 0.15) is 18.4 Å². The first-order chi connectivity index (χ1) is 13.6. The lowest BCUT2D eigenvalue weighted by molar-refractivity contribution is -0.133. The van der Waals surface area contributed by atoms with Crippen molar-refractivity contribution in [2.45, 2.75) is 51.0 Å². The third-order valence-corrected chi connectivity index (χ3v) is 6.47. The van der Waals surface area contributed by atoms with Gasteiger partial charge in [-0.25, -0.2) is 0 Å². The molecular weight excluding hydrogens is 356 g/mol. The van der Waals surface area contributed by atoms with Crippen LogP contribution >= 0.6 is 0 Å². The Morgan fingerprint density at radius 1 is 1.25 bits per heavy atom. The number of hydrogen-bond acceptors (Lipinski definition) is 6. The second kappa shape index (κ2) is 6.79. The molecule has 1 spiro atoms.